The molecule has 4 heteroatoms. The van der Waals surface area contributed by atoms with E-state index < -0.39 is 0 Å². The van der Waals surface area contributed by atoms with E-state index >= 15 is 0 Å². The normalized spacial score (nSPS) is 12.6. The Hall–Kier alpha value is -1.26. The maximum absolute atomic E-state index is 13.7. The zero-order chi connectivity index (χ0) is 12.3. The highest BCUT2D eigenvalue weighted by molar-refractivity contribution is 7.09. The molecule has 0 aliphatic heterocycles. The summed E-state index contributed by atoms with van der Waals surface area (Å²) in [5.41, 5.74) is 1.70. The topological polar surface area (TPSA) is 24.9 Å². The lowest BCUT2D eigenvalue weighted by Crippen LogP contribution is -2.20. The minimum absolute atomic E-state index is 0.0299. The highest BCUT2D eigenvalue weighted by atomic mass is 32.1. The Labute approximate surface area is 105 Å². The van der Waals surface area contributed by atoms with Crippen molar-refractivity contribution in [3.05, 3.63) is 51.7 Å². The van der Waals surface area contributed by atoms with Gasteiger partial charge in [-0.05, 0) is 20.0 Å². The van der Waals surface area contributed by atoms with Gasteiger partial charge in [-0.2, -0.15) is 0 Å². The van der Waals surface area contributed by atoms with E-state index in [-0.39, 0.29) is 11.9 Å². The molecule has 90 valence electrons. The highest BCUT2D eigenvalue weighted by Crippen LogP contribution is 2.21. The minimum atomic E-state index is -0.168. The average Bonchev–Trinajstić information content (AvgIpc) is 2.73. The van der Waals surface area contributed by atoms with Gasteiger partial charge in [0.25, 0.3) is 0 Å². The van der Waals surface area contributed by atoms with Crippen LogP contribution in [0.4, 0.5) is 4.39 Å². The summed E-state index contributed by atoms with van der Waals surface area (Å²) in [5.74, 6) is -0.168. The Balaban J connectivity index is 2.20. The predicted molar refractivity (Wildman–Crippen MR) is 68.8 cm³/mol. The zero-order valence-electron chi connectivity index (χ0n) is 9.90. The number of likely N-dealkylation sites (N-methyl/N-ethyl adjacent to an activating group) is 1. The number of rotatable bonds is 4. The van der Waals surface area contributed by atoms with Crippen LogP contribution in [-0.4, -0.2) is 12.0 Å². The van der Waals surface area contributed by atoms with E-state index in [9.17, 15) is 4.39 Å². The van der Waals surface area contributed by atoms with E-state index in [2.05, 4.69) is 10.3 Å². The first-order chi connectivity index (χ1) is 8.20. The van der Waals surface area contributed by atoms with Crippen LogP contribution < -0.4 is 5.32 Å². The summed E-state index contributed by atoms with van der Waals surface area (Å²) in [5, 5.41) is 6.21. The van der Waals surface area contributed by atoms with Gasteiger partial charge in [-0.25, -0.2) is 9.37 Å². The number of nitrogens with one attached hydrogen (secondary N) is 1. The second kappa shape index (κ2) is 5.38. The van der Waals surface area contributed by atoms with Crippen LogP contribution in [0.3, 0.4) is 0 Å². The van der Waals surface area contributed by atoms with Crippen molar-refractivity contribution >= 4 is 11.3 Å². The number of aryl methyl sites for hydroxylation is 1. The van der Waals surface area contributed by atoms with Crippen LogP contribution in [0.25, 0.3) is 0 Å². The van der Waals surface area contributed by atoms with E-state index in [0.717, 1.165) is 10.7 Å². The molecule has 1 unspecified atom stereocenters. The number of hydrogen-bond acceptors (Lipinski definition) is 3. The second-order valence-electron chi connectivity index (χ2n) is 3.92. The molecule has 0 aliphatic carbocycles. The molecule has 2 aromatic rings. The Bertz CT molecular complexity index is 496. The van der Waals surface area contributed by atoms with Gasteiger partial charge in [-0.15, -0.1) is 11.3 Å². The Morgan fingerprint density at radius 3 is 2.76 bits per heavy atom. The van der Waals surface area contributed by atoms with Crippen molar-refractivity contribution in [3.63, 3.8) is 0 Å². The fourth-order valence-corrected chi connectivity index (χ4v) is 2.46. The predicted octanol–water partition coefficient (Wildman–Crippen LogP) is 3.09. The largest absolute Gasteiger partial charge is 0.313 e. The molecule has 1 heterocycles. The minimum Gasteiger partial charge on any atom is -0.313 e. The monoisotopic (exact) mass is 250 g/mol. The van der Waals surface area contributed by atoms with Gasteiger partial charge in [0.05, 0.1) is 10.7 Å². The van der Waals surface area contributed by atoms with Crippen molar-refractivity contribution in [2.75, 3.05) is 7.05 Å². The lowest BCUT2D eigenvalue weighted by Gasteiger charge is -2.16. The van der Waals surface area contributed by atoms with Gasteiger partial charge in [0.15, 0.2) is 0 Å². The number of thiazole rings is 1. The fraction of sp³-hybridized carbons (Fsp3) is 0.308. The van der Waals surface area contributed by atoms with E-state index in [1.54, 1.807) is 17.4 Å². The zero-order valence-corrected chi connectivity index (χ0v) is 10.7. The lowest BCUT2D eigenvalue weighted by atomic mass is 10.0. The third-order valence-corrected chi connectivity index (χ3v) is 3.53. The molecule has 2 rings (SSSR count). The van der Waals surface area contributed by atoms with E-state index in [1.807, 2.05) is 31.5 Å². The van der Waals surface area contributed by atoms with Crippen LogP contribution in [0, 0.1) is 12.7 Å². The van der Waals surface area contributed by atoms with E-state index in [1.165, 1.54) is 6.07 Å². The van der Waals surface area contributed by atoms with Gasteiger partial charge in [0.1, 0.15) is 5.82 Å². The molecular weight excluding hydrogens is 235 g/mol. The van der Waals surface area contributed by atoms with Crippen LogP contribution in [-0.2, 0) is 6.42 Å². The Morgan fingerprint density at radius 2 is 2.18 bits per heavy atom. The van der Waals surface area contributed by atoms with Crippen molar-refractivity contribution in [3.8, 4) is 0 Å². The summed E-state index contributed by atoms with van der Waals surface area (Å²) in [6.07, 6.45) is 0.710. The SMILES string of the molecule is CNC(Cc1csc(C)n1)c1ccccc1F. The molecule has 0 aliphatic rings. The molecule has 0 saturated heterocycles. The lowest BCUT2D eigenvalue weighted by molar-refractivity contribution is 0.531. The Morgan fingerprint density at radius 1 is 1.41 bits per heavy atom. The maximum atomic E-state index is 13.7. The molecule has 1 N–H and O–H groups in total. The van der Waals surface area contributed by atoms with Crippen molar-refractivity contribution in [1.29, 1.82) is 0 Å². The Kier molecular flexibility index (Phi) is 3.86. The molecule has 0 fully saturated rings. The van der Waals surface area contributed by atoms with Crippen molar-refractivity contribution in [2.45, 2.75) is 19.4 Å². The number of halogens is 1. The number of nitrogens with zero attached hydrogens (tertiary/aromatic N) is 1. The summed E-state index contributed by atoms with van der Waals surface area (Å²) >= 11 is 1.62. The quantitative estimate of drug-likeness (QED) is 0.902. The molecule has 0 saturated carbocycles. The molecule has 1 aromatic heterocycles. The molecule has 0 radical (unpaired) electrons. The summed E-state index contributed by atoms with van der Waals surface area (Å²) in [4.78, 5) is 4.41. The number of hydrogen-bond donors (Lipinski definition) is 1. The molecule has 1 atom stereocenters. The van der Waals surface area contributed by atoms with Gasteiger partial charge in [-0.3, -0.25) is 0 Å². The molecule has 0 spiro atoms. The van der Waals surface area contributed by atoms with Gasteiger partial charge in [-0.1, -0.05) is 18.2 Å². The first-order valence-corrected chi connectivity index (χ1v) is 6.41. The molecule has 1 aromatic carbocycles. The van der Waals surface area contributed by atoms with Crippen LogP contribution in [0.5, 0.6) is 0 Å². The summed E-state index contributed by atoms with van der Waals surface area (Å²) in [6.45, 7) is 1.98. The first-order valence-electron chi connectivity index (χ1n) is 5.53. The third-order valence-electron chi connectivity index (χ3n) is 2.71. The summed E-state index contributed by atoms with van der Waals surface area (Å²) in [7, 11) is 1.84. The van der Waals surface area contributed by atoms with Crippen LogP contribution in [0.15, 0.2) is 29.6 Å². The molecule has 17 heavy (non-hydrogen) atoms. The number of benzene rings is 1. The molecule has 0 bridgehead atoms. The van der Waals surface area contributed by atoms with E-state index in [0.29, 0.717) is 12.0 Å². The maximum Gasteiger partial charge on any atom is 0.127 e. The number of aromatic nitrogens is 1. The third kappa shape index (κ3) is 2.90. The van der Waals surface area contributed by atoms with Gasteiger partial charge in [0, 0.05) is 23.4 Å². The average molecular weight is 250 g/mol. The van der Waals surface area contributed by atoms with Crippen molar-refractivity contribution < 1.29 is 4.39 Å². The van der Waals surface area contributed by atoms with Crippen LogP contribution in [0.2, 0.25) is 0 Å². The fourth-order valence-electron chi connectivity index (χ4n) is 1.84. The van der Waals surface area contributed by atoms with Crippen molar-refractivity contribution in [1.82, 2.24) is 10.3 Å². The van der Waals surface area contributed by atoms with Crippen molar-refractivity contribution in [2.24, 2.45) is 0 Å². The molecular formula is C13H15FN2S. The second-order valence-corrected chi connectivity index (χ2v) is 4.99. The standard InChI is InChI=1S/C13H15FN2S/c1-9-16-10(8-17-9)7-13(15-2)11-5-3-4-6-12(11)14/h3-6,8,13,15H,7H2,1-2H3. The smallest absolute Gasteiger partial charge is 0.127 e. The van der Waals surface area contributed by atoms with Crippen LogP contribution >= 0.6 is 11.3 Å². The summed E-state index contributed by atoms with van der Waals surface area (Å²) in [6, 6.07) is 6.84. The van der Waals surface area contributed by atoms with Gasteiger partial charge in [0.2, 0.25) is 0 Å². The summed E-state index contributed by atoms with van der Waals surface area (Å²) < 4.78 is 13.7. The van der Waals surface area contributed by atoms with Gasteiger partial charge < -0.3 is 5.32 Å². The first kappa shape index (κ1) is 12.2. The molecule has 2 nitrogen and oxygen atoms in total. The van der Waals surface area contributed by atoms with Gasteiger partial charge >= 0.3 is 0 Å². The highest BCUT2D eigenvalue weighted by Gasteiger charge is 2.15. The van der Waals surface area contributed by atoms with E-state index in [4.69, 9.17) is 0 Å². The van der Waals surface area contributed by atoms with Crippen LogP contribution in [0.1, 0.15) is 22.3 Å². The molecule has 0 amide bonds.